The summed E-state index contributed by atoms with van der Waals surface area (Å²) in [5.41, 5.74) is -1.20. The molecule has 44 heavy (non-hydrogen) atoms. The molecule has 1 aromatic heterocycles. The minimum atomic E-state index is -5.00. The zero-order chi connectivity index (χ0) is 31.8. The minimum absolute atomic E-state index is 0.0979. The van der Waals surface area contributed by atoms with Crippen LogP contribution in [0.4, 0.5) is 13.2 Å². The summed E-state index contributed by atoms with van der Waals surface area (Å²) < 4.78 is 56.2. The number of benzene rings is 3. The quantitative estimate of drug-likeness (QED) is 0.180. The van der Waals surface area contributed by atoms with Crippen LogP contribution in [0.3, 0.4) is 0 Å². The van der Waals surface area contributed by atoms with Crippen molar-refractivity contribution >= 4 is 78.4 Å². The average Bonchev–Trinajstić information content (AvgIpc) is 3.26. The third-order valence-corrected chi connectivity index (χ3v) is 9.02. The van der Waals surface area contributed by atoms with Crippen LogP contribution in [-0.2, 0) is 16.1 Å². The van der Waals surface area contributed by atoms with Crippen molar-refractivity contribution in [2.24, 2.45) is 4.99 Å². The lowest BCUT2D eigenvalue weighted by Gasteiger charge is -2.26. The molecule has 0 N–H and O–H groups in total. The number of rotatable bonds is 7. The molecule has 0 amide bonds. The Bertz CT molecular complexity index is 1950. The number of allylic oxidation sites excluding steroid dienone is 1. The van der Waals surface area contributed by atoms with Gasteiger partial charge in [-0.05, 0) is 97.9 Å². The lowest BCUT2D eigenvalue weighted by molar-refractivity contribution is -0.140. The number of fused-ring (bicyclic) bond motifs is 1. The van der Waals surface area contributed by atoms with Crippen LogP contribution in [-0.4, -0.2) is 23.3 Å². The number of hydrogen-bond donors (Lipinski definition) is 0. The number of ether oxygens (including phenoxy) is 2. The highest BCUT2D eigenvalue weighted by atomic mass is 79.9. The smallest absolute Gasteiger partial charge is 0.434 e. The SMILES string of the molecule is CCOC(=O)C1=C(C(F)(F)F)N=c2s/c(=C\c3cc(Br)c(OCc4cccc(Cl)c4)c(Br)c3)c(=O)n2[C@@H]1c1ccc(Cl)cc1. The highest BCUT2D eigenvalue weighted by Gasteiger charge is 2.45. The van der Waals surface area contributed by atoms with E-state index in [4.69, 9.17) is 32.7 Å². The highest BCUT2D eigenvalue weighted by Crippen LogP contribution is 2.39. The van der Waals surface area contributed by atoms with E-state index >= 15 is 0 Å². The molecule has 3 aromatic carbocycles. The van der Waals surface area contributed by atoms with Crippen LogP contribution in [0.1, 0.15) is 29.7 Å². The molecule has 0 aliphatic carbocycles. The molecule has 2 heterocycles. The number of alkyl halides is 3. The maximum absolute atomic E-state index is 14.3. The molecule has 5 rings (SSSR count). The Labute approximate surface area is 279 Å². The predicted octanol–water partition coefficient (Wildman–Crippen LogP) is 7.75. The standard InChI is InChI=1S/C30H19Br2Cl2F3N2O4S/c1-2-42-28(41)23-24(17-6-8-18(33)9-7-17)39-27(40)22(44-29(39)38-26(23)30(35,36)37)13-16-11-20(31)25(21(32)12-16)43-14-15-4-3-5-19(34)10-15/h3-13,24H,2,14H2,1H3/b22-13-/t24-/m1/s1. The van der Waals surface area contributed by atoms with Crippen molar-refractivity contribution in [3.63, 3.8) is 0 Å². The second-order valence-corrected chi connectivity index (χ2v) is 12.9. The summed E-state index contributed by atoms with van der Waals surface area (Å²) in [4.78, 5) is 30.3. The fourth-order valence-electron chi connectivity index (χ4n) is 4.54. The maximum Gasteiger partial charge on any atom is 0.434 e. The van der Waals surface area contributed by atoms with Crippen LogP contribution in [0, 0.1) is 0 Å². The molecule has 14 heteroatoms. The molecule has 0 bridgehead atoms. The molecule has 1 aliphatic heterocycles. The van der Waals surface area contributed by atoms with Gasteiger partial charge < -0.3 is 9.47 Å². The first-order valence-corrected chi connectivity index (χ1v) is 15.9. The fraction of sp³-hybridized carbons (Fsp3) is 0.167. The summed E-state index contributed by atoms with van der Waals surface area (Å²) in [5, 5.41) is 0.908. The van der Waals surface area contributed by atoms with Gasteiger partial charge in [0, 0.05) is 10.0 Å². The van der Waals surface area contributed by atoms with Crippen LogP contribution in [0.2, 0.25) is 10.0 Å². The molecule has 0 radical (unpaired) electrons. The zero-order valence-electron chi connectivity index (χ0n) is 22.4. The second kappa shape index (κ2) is 13.2. The summed E-state index contributed by atoms with van der Waals surface area (Å²) in [6, 6.07) is 15.0. The Morgan fingerprint density at radius 2 is 1.75 bits per heavy atom. The first kappa shape index (κ1) is 32.5. The molecule has 0 spiro atoms. The van der Waals surface area contributed by atoms with E-state index in [2.05, 4.69) is 36.9 Å². The number of carbonyl (C=O) groups is 1. The number of carbonyl (C=O) groups excluding carboxylic acids is 1. The Morgan fingerprint density at radius 1 is 1.07 bits per heavy atom. The van der Waals surface area contributed by atoms with Gasteiger partial charge in [-0.25, -0.2) is 9.79 Å². The highest BCUT2D eigenvalue weighted by molar-refractivity contribution is 9.11. The summed E-state index contributed by atoms with van der Waals surface area (Å²) >= 11 is 19.8. The summed E-state index contributed by atoms with van der Waals surface area (Å²) in [6.07, 6.45) is -3.47. The van der Waals surface area contributed by atoms with Gasteiger partial charge in [0.05, 0.1) is 31.7 Å². The lowest BCUT2D eigenvalue weighted by Crippen LogP contribution is -2.41. The van der Waals surface area contributed by atoms with Crippen molar-refractivity contribution in [2.75, 3.05) is 6.61 Å². The van der Waals surface area contributed by atoms with Crippen molar-refractivity contribution < 1.29 is 27.4 Å². The molecule has 0 saturated heterocycles. The topological polar surface area (TPSA) is 69.9 Å². The zero-order valence-corrected chi connectivity index (χ0v) is 27.9. The predicted molar refractivity (Wildman–Crippen MR) is 170 cm³/mol. The molecule has 0 saturated carbocycles. The van der Waals surface area contributed by atoms with Crippen LogP contribution < -0.4 is 19.6 Å². The van der Waals surface area contributed by atoms with E-state index in [1.165, 1.54) is 37.3 Å². The summed E-state index contributed by atoms with van der Waals surface area (Å²) in [5.74, 6) is -0.723. The Hall–Kier alpha value is -2.90. The van der Waals surface area contributed by atoms with E-state index in [0.29, 0.717) is 30.3 Å². The Morgan fingerprint density at radius 3 is 2.36 bits per heavy atom. The van der Waals surface area contributed by atoms with Gasteiger partial charge in [-0.3, -0.25) is 9.36 Å². The van der Waals surface area contributed by atoms with Gasteiger partial charge in [-0.1, -0.05) is 58.8 Å². The van der Waals surface area contributed by atoms with E-state index < -0.39 is 35.0 Å². The Kier molecular flexibility index (Phi) is 9.76. The molecule has 0 unspecified atom stereocenters. The molecule has 6 nitrogen and oxygen atoms in total. The van der Waals surface area contributed by atoms with E-state index in [9.17, 15) is 22.8 Å². The molecular weight excluding hydrogens is 772 g/mol. The molecule has 1 aliphatic rings. The van der Waals surface area contributed by atoms with Crippen molar-refractivity contribution in [1.29, 1.82) is 0 Å². The normalized spacial score (nSPS) is 15.2. The Balaban J connectivity index is 1.62. The van der Waals surface area contributed by atoms with Crippen molar-refractivity contribution in [3.05, 3.63) is 127 Å². The average molecular weight is 791 g/mol. The number of nitrogens with zero attached hydrogens (tertiary/aromatic N) is 2. The second-order valence-electron chi connectivity index (χ2n) is 9.35. The van der Waals surface area contributed by atoms with E-state index in [1.807, 2.05) is 12.1 Å². The van der Waals surface area contributed by atoms with E-state index in [-0.39, 0.29) is 28.1 Å². The number of hydrogen-bond acceptors (Lipinski definition) is 6. The van der Waals surface area contributed by atoms with Gasteiger partial charge in [-0.2, -0.15) is 13.2 Å². The monoisotopic (exact) mass is 788 g/mol. The van der Waals surface area contributed by atoms with Gasteiger partial charge in [0.1, 0.15) is 12.4 Å². The van der Waals surface area contributed by atoms with Crippen molar-refractivity contribution in [1.82, 2.24) is 4.57 Å². The first-order chi connectivity index (χ1) is 20.9. The van der Waals surface area contributed by atoms with Gasteiger partial charge in [0.25, 0.3) is 5.56 Å². The lowest BCUT2D eigenvalue weighted by atomic mass is 9.95. The molecule has 4 aromatic rings. The third kappa shape index (κ3) is 6.84. The number of aromatic nitrogens is 1. The largest absolute Gasteiger partial charge is 0.487 e. The van der Waals surface area contributed by atoms with Gasteiger partial charge >= 0.3 is 12.1 Å². The van der Waals surface area contributed by atoms with Crippen LogP contribution >= 0.6 is 66.4 Å². The fourth-order valence-corrected chi connectivity index (χ4v) is 7.33. The van der Waals surface area contributed by atoms with Crippen molar-refractivity contribution in [2.45, 2.75) is 25.7 Å². The third-order valence-electron chi connectivity index (χ3n) is 6.37. The molecule has 0 fully saturated rings. The van der Waals surface area contributed by atoms with Crippen LogP contribution in [0.15, 0.2) is 90.7 Å². The molecular formula is C30H19Br2Cl2F3N2O4S. The van der Waals surface area contributed by atoms with Gasteiger partial charge in [-0.15, -0.1) is 0 Å². The first-order valence-electron chi connectivity index (χ1n) is 12.8. The molecule has 228 valence electrons. The van der Waals surface area contributed by atoms with Crippen LogP contribution in [0.5, 0.6) is 5.75 Å². The number of esters is 1. The van der Waals surface area contributed by atoms with Crippen LogP contribution in [0.25, 0.3) is 6.08 Å². The molecule has 1 atom stereocenters. The van der Waals surface area contributed by atoms with E-state index in [0.717, 1.165) is 21.5 Å². The maximum atomic E-state index is 14.3. The van der Waals surface area contributed by atoms with Gasteiger partial charge in [0.15, 0.2) is 10.5 Å². The van der Waals surface area contributed by atoms with Gasteiger partial charge in [0.2, 0.25) is 0 Å². The summed E-state index contributed by atoms with van der Waals surface area (Å²) in [7, 11) is 0. The summed E-state index contributed by atoms with van der Waals surface area (Å²) in [6.45, 7) is 1.54. The minimum Gasteiger partial charge on any atom is -0.487 e. The van der Waals surface area contributed by atoms with Crippen molar-refractivity contribution in [3.8, 4) is 5.75 Å². The number of halogens is 7. The number of thiazole rings is 1. The van der Waals surface area contributed by atoms with E-state index in [1.54, 1.807) is 24.3 Å².